The maximum absolute atomic E-state index is 8.50. The Morgan fingerprint density at radius 3 is 1.20 bits per heavy atom. The van der Waals surface area contributed by atoms with Gasteiger partial charge >= 0.3 is 25.7 Å². The molecule has 5 heavy (non-hydrogen) atoms. The third-order valence-corrected chi connectivity index (χ3v) is 0. The van der Waals surface area contributed by atoms with Crippen LogP contribution in [0.3, 0.4) is 0 Å². The van der Waals surface area contributed by atoms with Gasteiger partial charge < -0.3 is 5.48 Å². The van der Waals surface area contributed by atoms with E-state index in [1.807, 2.05) is 0 Å². The molecule has 32 valence electrons. The van der Waals surface area contributed by atoms with Gasteiger partial charge in [-0.25, -0.2) is 0 Å². The molecule has 0 amide bonds. The van der Waals surface area contributed by atoms with Crippen LogP contribution in [0.15, 0.2) is 0 Å². The molecule has 0 aromatic carbocycles. The monoisotopic (exact) mass is 154 g/mol. The molecule has 0 saturated heterocycles. The van der Waals surface area contributed by atoms with Crippen molar-refractivity contribution in [2.24, 2.45) is 0 Å². The SMILES string of the molecule is O.[Fe].[O]=[Ti]=[O]. The van der Waals surface area contributed by atoms with E-state index >= 15 is 0 Å². The van der Waals surface area contributed by atoms with Crippen LogP contribution in [0, 0.1) is 0 Å². The van der Waals surface area contributed by atoms with E-state index < -0.39 is 19.1 Å². The van der Waals surface area contributed by atoms with Crippen molar-refractivity contribution in [1.82, 2.24) is 0 Å². The molecule has 0 radical (unpaired) electrons. The summed E-state index contributed by atoms with van der Waals surface area (Å²) >= 11 is -2.00. The van der Waals surface area contributed by atoms with E-state index in [0.717, 1.165) is 0 Å². The van der Waals surface area contributed by atoms with Crippen molar-refractivity contribution < 1.29 is 48.3 Å². The predicted molar refractivity (Wildman–Crippen MR) is 4.99 cm³/mol. The zero-order chi connectivity index (χ0) is 2.71. The van der Waals surface area contributed by atoms with Crippen LogP contribution in [-0.2, 0) is 42.8 Å². The zero-order valence-corrected chi connectivity index (χ0v) is 4.84. The van der Waals surface area contributed by atoms with Gasteiger partial charge in [-0.3, -0.25) is 0 Å². The van der Waals surface area contributed by atoms with Crippen LogP contribution in [-0.4, -0.2) is 5.48 Å². The molecule has 5 heteroatoms. The Bertz CT molecular complexity index is 27.9. The van der Waals surface area contributed by atoms with Crippen molar-refractivity contribution >= 4 is 0 Å². The number of hydrogen-bond acceptors (Lipinski definition) is 2. The van der Waals surface area contributed by atoms with Crippen molar-refractivity contribution in [3.05, 3.63) is 0 Å². The summed E-state index contributed by atoms with van der Waals surface area (Å²) in [5.41, 5.74) is 0. The van der Waals surface area contributed by atoms with E-state index in [4.69, 9.17) is 6.65 Å². The Morgan fingerprint density at radius 1 is 1.20 bits per heavy atom. The van der Waals surface area contributed by atoms with Crippen molar-refractivity contribution in [3.63, 3.8) is 0 Å². The fourth-order valence-corrected chi connectivity index (χ4v) is 0. The fourth-order valence-electron chi connectivity index (χ4n) is 0. The molecule has 0 aromatic heterocycles. The average Bonchev–Trinajstić information content (AvgIpc) is 0.918. The van der Waals surface area contributed by atoms with Gasteiger partial charge in [0.15, 0.2) is 0 Å². The van der Waals surface area contributed by atoms with Gasteiger partial charge in [0.25, 0.3) is 0 Å². The standard InChI is InChI=1S/Fe.H2O.2O.Ti/h;1H2;;;. The predicted octanol–water partition coefficient (Wildman–Crippen LogP) is -1.07. The first kappa shape index (κ1) is 17.1. The van der Waals surface area contributed by atoms with Gasteiger partial charge in [0, 0.05) is 17.1 Å². The molecular formula is H2FeO3Ti. The molecule has 0 fully saturated rings. The molecule has 2 N–H and O–H groups in total. The topological polar surface area (TPSA) is 65.6 Å². The normalized spacial score (nSPS) is 1.60. The summed E-state index contributed by atoms with van der Waals surface area (Å²) in [6.45, 7) is 0. The molecule has 0 aliphatic heterocycles. The molecule has 0 unspecified atom stereocenters. The summed E-state index contributed by atoms with van der Waals surface area (Å²) in [5.74, 6) is 0. The van der Waals surface area contributed by atoms with Crippen LogP contribution in [0.25, 0.3) is 0 Å². The van der Waals surface area contributed by atoms with Gasteiger partial charge in [0.2, 0.25) is 0 Å². The fraction of sp³-hybridized carbons (Fsp3) is 0. The minimum atomic E-state index is -2.00. The van der Waals surface area contributed by atoms with E-state index in [-0.39, 0.29) is 22.5 Å². The van der Waals surface area contributed by atoms with Crippen molar-refractivity contribution in [3.8, 4) is 0 Å². The van der Waals surface area contributed by atoms with E-state index in [9.17, 15) is 0 Å². The molecule has 0 rings (SSSR count). The molecule has 0 spiro atoms. The third kappa shape index (κ3) is 59.4. The van der Waals surface area contributed by atoms with Gasteiger partial charge in [-0.15, -0.1) is 0 Å². The first-order chi connectivity index (χ1) is 1.41. The van der Waals surface area contributed by atoms with Gasteiger partial charge in [0.1, 0.15) is 0 Å². The Hall–Kier alpha value is 0.794. The van der Waals surface area contributed by atoms with Crippen LogP contribution in [0.4, 0.5) is 0 Å². The van der Waals surface area contributed by atoms with E-state index in [0.29, 0.717) is 0 Å². The molecule has 0 atom stereocenters. The van der Waals surface area contributed by atoms with E-state index in [1.54, 1.807) is 0 Å². The number of rotatable bonds is 0. The molecular weight excluding hydrogens is 152 g/mol. The van der Waals surface area contributed by atoms with Crippen molar-refractivity contribution in [2.75, 3.05) is 0 Å². The van der Waals surface area contributed by atoms with Crippen LogP contribution < -0.4 is 0 Å². The Morgan fingerprint density at radius 2 is 1.20 bits per heavy atom. The summed E-state index contributed by atoms with van der Waals surface area (Å²) in [7, 11) is 0. The van der Waals surface area contributed by atoms with Gasteiger partial charge in [0.05, 0.1) is 0 Å². The Balaban J connectivity index is -0.0000000200. The summed E-state index contributed by atoms with van der Waals surface area (Å²) < 4.78 is 17.0. The van der Waals surface area contributed by atoms with Gasteiger partial charge in [-0.05, 0) is 0 Å². The van der Waals surface area contributed by atoms with E-state index in [2.05, 4.69) is 0 Å². The van der Waals surface area contributed by atoms with Crippen molar-refractivity contribution in [1.29, 1.82) is 0 Å². The molecule has 0 saturated carbocycles. The second-order valence-electron chi connectivity index (χ2n) is 0.0833. The molecule has 3 nitrogen and oxygen atoms in total. The van der Waals surface area contributed by atoms with Gasteiger partial charge in [-0.2, -0.15) is 0 Å². The zero-order valence-electron chi connectivity index (χ0n) is 2.17. The van der Waals surface area contributed by atoms with E-state index in [1.165, 1.54) is 0 Å². The maximum atomic E-state index is 8.50. The Kier molecular flexibility index (Phi) is 73.2. The van der Waals surface area contributed by atoms with Crippen LogP contribution in [0.5, 0.6) is 0 Å². The van der Waals surface area contributed by atoms with Crippen LogP contribution in [0.2, 0.25) is 0 Å². The molecule has 0 aromatic rings. The molecule has 0 aliphatic carbocycles. The molecule has 0 heterocycles. The summed E-state index contributed by atoms with van der Waals surface area (Å²) in [6, 6.07) is 0. The van der Waals surface area contributed by atoms with Gasteiger partial charge in [-0.1, -0.05) is 0 Å². The molecule has 0 bridgehead atoms. The summed E-state index contributed by atoms with van der Waals surface area (Å²) in [5, 5.41) is 0. The molecule has 0 aliphatic rings. The quantitative estimate of drug-likeness (QED) is 0.416. The number of hydrogen-bond donors (Lipinski definition) is 0. The summed E-state index contributed by atoms with van der Waals surface area (Å²) in [6.07, 6.45) is 0. The first-order valence-electron chi connectivity index (χ1n) is 0.408. The van der Waals surface area contributed by atoms with Crippen molar-refractivity contribution in [2.45, 2.75) is 0 Å². The second-order valence-corrected chi connectivity index (χ2v) is 0.344. The second kappa shape index (κ2) is 21.4. The Labute approximate surface area is 48.5 Å². The summed E-state index contributed by atoms with van der Waals surface area (Å²) in [4.78, 5) is 0. The van der Waals surface area contributed by atoms with Crippen LogP contribution >= 0.6 is 0 Å². The van der Waals surface area contributed by atoms with Crippen LogP contribution in [0.1, 0.15) is 0 Å². The third-order valence-electron chi connectivity index (χ3n) is 0. The minimum absolute atomic E-state index is 0. The average molecular weight is 154 g/mol. The first-order valence-corrected chi connectivity index (χ1v) is 1.68.